The molecular formula is C12H14ClF3O3. The van der Waals surface area contributed by atoms with Crippen molar-refractivity contribution in [3.05, 3.63) is 29.3 Å². The van der Waals surface area contributed by atoms with Crippen LogP contribution in [0.1, 0.15) is 23.7 Å². The number of hydrogen-bond acceptors (Lipinski definition) is 3. The van der Waals surface area contributed by atoms with Gasteiger partial charge in [0.15, 0.2) is 0 Å². The number of alkyl halides is 4. The lowest BCUT2D eigenvalue weighted by molar-refractivity contribution is -0.138. The Morgan fingerprint density at radius 3 is 2.42 bits per heavy atom. The van der Waals surface area contributed by atoms with Crippen LogP contribution in [0.15, 0.2) is 18.2 Å². The SMILES string of the molecule is COc1cc(C(O)C(O)CCCl)ccc1C(F)(F)F. The van der Waals surface area contributed by atoms with Crippen molar-refractivity contribution in [1.82, 2.24) is 0 Å². The molecule has 0 aliphatic heterocycles. The molecule has 108 valence electrons. The van der Waals surface area contributed by atoms with Gasteiger partial charge >= 0.3 is 6.18 Å². The van der Waals surface area contributed by atoms with Gasteiger partial charge in [-0.2, -0.15) is 13.2 Å². The van der Waals surface area contributed by atoms with Gasteiger partial charge in [-0.1, -0.05) is 6.07 Å². The average molecular weight is 299 g/mol. The molecule has 3 nitrogen and oxygen atoms in total. The molecule has 2 N–H and O–H groups in total. The Bertz CT molecular complexity index is 423. The van der Waals surface area contributed by atoms with Crippen molar-refractivity contribution in [3.63, 3.8) is 0 Å². The van der Waals surface area contributed by atoms with E-state index in [1.165, 1.54) is 0 Å². The van der Waals surface area contributed by atoms with Gasteiger partial charge in [0.25, 0.3) is 0 Å². The van der Waals surface area contributed by atoms with Crippen LogP contribution in [-0.2, 0) is 6.18 Å². The Morgan fingerprint density at radius 1 is 1.32 bits per heavy atom. The molecular weight excluding hydrogens is 285 g/mol. The molecule has 0 radical (unpaired) electrons. The minimum Gasteiger partial charge on any atom is -0.496 e. The quantitative estimate of drug-likeness (QED) is 0.822. The summed E-state index contributed by atoms with van der Waals surface area (Å²) in [4.78, 5) is 0. The Balaban J connectivity index is 3.06. The number of aliphatic hydroxyl groups is 2. The zero-order valence-corrected chi connectivity index (χ0v) is 10.9. The third kappa shape index (κ3) is 3.99. The van der Waals surface area contributed by atoms with Crippen molar-refractivity contribution in [2.45, 2.75) is 24.8 Å². The number of ether oxygens (including phenoxy) is 1. The third-order valence-corrected chi connectivity index (χ3v) is 2.86. The van der Waals surface area contributed by atoms with Crippen LogP contribution >= 0.6 is 11.6 Å². The molecule has 0 aliphatic carbocycles. The highest BCUT2D eigenvalue weighted by molar-refractivity contribution is 6.17. The molecule has 1 aromatic rings. The fourth-order valence-corrected chi connectivity index (χ4v) is 1.84. The van der Waals surface area contributed by atoms with E-state index in [1.807, 2.05) is 0 Å². The molecule has 7 heteroatoms. The molecule has 2 unspecified atom stereocenters. The molecule has 0 aromatic heterocycles. The molecule has 0 fully saturated rings. The molecule has 0 bridgehead atoms. The maximum Gasteiger partial charge on any atom is 0.419 e. The van der Waals surface area contributed by atoms with Gasteiger partial charge in [0.1, 0.15) is 11.9 Å². The fraction of sp³-hybridized carbons (Fsp3) is 0.500. The smallest absolute Gasteiger partial charge is 0.419 e. The summed E-state index contributed by atoms with van der Waals surface area (Å²) in [6, 6.07) is 2.98. The van der Waals surface area contributed by atoms with Gasteiger partial charge in [-0.3, -0.25) is 0 Å². The van der Waals surface area contributed by atoms with E-state index in [1.54, 1.807) is 0 Å². The van der Waals surface area contributed by atoms with E-state index in [0.717, 1.165) is 25.3 Å². The number of benzene rings is 1. The van der Waals surface area contributed by atoms with Crippen molar-refractivity contribution < 1.29 is 28.1 Å². The number of aliphatic hydroxyl groups excluding tert-OH is 2. The van der Waals surface area contributed by atoms with Gasteiger partial charge in [0, 0.05) is 5.88 Å². The predicted molar refractivity (Wildman–Crippen MR) is 64.3 cm³/mol. The average Bonchev–Trinajstić information content (AvgIpc) is 2.36. The molecule has 0 spiro atoms. The van der Waals surface area contributed by atoms with Gasteiger partial charge in [0.2, 0.25) is 0 Å². The van der Waals surface area contributed by atoms with Gasteiger partial charge in [0.05, 0.1) is 18.8 Å². The second-order valence-electron chi connectivity index (χ2n) is 3.95. The molecule has 0 saturated carbocycles. The van der Waals surface area contributed by atoms with Crippen molar-refractivity contribution in [3.8, 4) is 5.75 Å². The van der Waals surface area contributed by atoms with E-state index in [9.17, 15) is 23.4 Å². The van der Waals surface area contributed by atoms with Crippen LogP contribution in [0.2, 0.25) is 0 Å². The standard InChI is InChI=1S/C12H14ClF3O3/c1-19-10-6-7(11(18)9(17)4-5-13)2-3-8(10)12(14,15)16/h2-3,6,9,11,17-18H,4-5H2,1H3. The van der Waals surface area contributed by atoms with Crippen LogP contribution in [0.25, 0.3) is 0 Å². The topological polar surface area (TPSA) is 49.7 Å². The first-order valence-corrected chi connectivity index (χ1v) is 6.02. The number of methoxy groups -OCH3 is 1. The van der Waals surface area contributed by atoms with Crippen LogP contribution in [0.4, 0.5) is 13.2 Å². The normalized spacial score (nSPS) is 15.1. The molecule has 0 saturated heterocycles. The van der Waals surface area contributed by atoms with Gasteiger partial charge < -0.3 is 14.9 Å². The number of hydrogen-bond donors (Lipinski definition) is 2. The van der Waals surface area contributed by atoms with Crippen LogP contribution in [0.3, 0.4) is 0 Å². The van der Waals surface area contributed by atoms with E-state index in [4.69, 9.17) is 11.6 Å². The Hall–Kier alpha value is -0.980. The second kappa shape index (κ2) is 6.45. The summed E-state index contributed by atoms with van der Waals surface area (Å²) in [5.74, 6) is -0.266. The van der Waals surface area contributed by atoms with Crippen molar-refractivity contribution in [2.24, 2.45) is 0 Å². The first-order valence-electron chi connectivity index (χ1n) is 5.48. The fourth-order valence-electron chi connectivity index (χ4n) is 1.62. The number of rotatable bonds is 5. The molecule has 19 heavy (non-hydrogen) atoms. The molecule has 1 aromatic carbocycles. The molecule has 1 rings (SSSR count). The minimum atomic E-state index is -4.54. The van der Waals surface area contributed by atoms with Gasteiger partial charge in [-0.25, -0.2) is 0 Å². The Kier molecular flexibility index (Phi) is 5.46. The van der Waals surface area contributed by atoms with Crippen LogP contribution in [0, 0.1) is 0 Å². The maximum atomic E-state index is 12.6. The summed E-state index contributed by atoms with van der Waals surface area (Å²) in [7, 11) is 1.11. The largest absolute Gasteiger partial charge is 0.496 e. The van der Waals surface area contributed by atoms with Gasteiger partial charge in [-0.15, -0.1) is 11.6 Å². The first kappa shape index (κ1) is 16.1. The second-order valence-corrected chi connectivity index (χ2v) is 4.33. The highest BCUT2D eigenvalue weighted by atomic mass is 35.5. The summed E-state index contributed by atoms with van der Waals surface area (Å²) in [5.41, 5.74) is -0.791. The van der Waals surface area contributed by atoms with Crippen molar-refractivity contribution in [2.75, 3.05) is 13.0 Å². The van der Waals surface area contributed by atoms with Crippen LogP contribution in [-0.4, -0.2) is 29.3 Å². The summed E-state index contributed by atoms with van der Waals surface area (Å²) in [6.45, 7) is 0. The van der Waals surface area contributed by atoms with Crippen molar-refractivity contribution >= 4 is 11.6 Å². The van der Waals surface area contributed by atoms with Gasteiger partial charge in [-0.05, 0) is 24.1 Å². The summed E-state index contributed by atoms with van der Waals surface area (Å²) < 4.78 is 42.6. The zero-order valence-electron chi connectivity index (χ0n) is 10.1. The summed E-state index contributed by atoms with van der Waals surface area (Å²) in [6.07, 6.45) is -6.86. The first-order chi connectivity index (χ1) is 8.81. The van der Waals surface area contributed by atoms with Crippen LogP contribution < -0.4 is 4.74 Å². The predicted octanol–water partition coefficient (Wildman–Crippen LogP) is 2.74. The Labute approximate surface area is 113 Å². The highest BCUT2D eigenvalue weighted by Gasteiger charge is 2.34. The molecule has 0 amide bonds. The molecule has 0 aliphatic rings. The summed E-state index contributed by atoms with van der Waals surface area (Å²) >= 11 is 5.43. The third-order valence-electron chi connectivity index (χ3n) is 2.64. The van der Waals surface area contributed by atoms with E-state index in [0.29, 0.717) is 0 Å². The van der Waals surface area contributed by atoms with E-state index in [-0.39, 0.29) is 17.9 Å². The van der Waals surface area contributed by atoms with Crippen LogP contribution in [0.5, 0.6) is 5.75 Å². The molecule has 2 atom stereocenters. The maximum absolute atomic E-state index is 12.6. The summed E-state index contributed by atoms with van der Waals surface area (Å²) in [5, 5.41) is 19.4. The van der Waals surface area contributed by atoms with E-state index < -0.39 is 29.7 Å². The Morgan fingerprint density at radius 2 is 1.95 bits per heavy atom. The van der Waals surface area contributed by atoms with E-state index in [2.05, 4.69) is 4.74 Å². The zero-order chi connectivity index (χ0) is 14.6. The molecule has 0 heterocycles. The lowest BCUT2D eigenvalue weighted by Gasteiger charge is -2.19. The van der Waals surface area contributed by atoms with Crippen molar-refractivity contribution in [1.29, 1.82) is 0 Å². The number of halogens is 4. The highest BCUT2D eigenvalue weighted by Crippen LogP contribution is 2.37. The van der Waals surface area contributed by atoms with E-state index >= 15 is 0 Å². The minimum absolute atomic E-state index is 0.131. The monoisotopic (exact) mass is 298 g/mol. The lowest BCUT2D eigenvalue weighted by Crippen LogP contribution is -2.19. The lowest BCUT2D eigenvalue weighted by atomic mass is 10.0.